The molecule has 0 aliphatic rings. The highest BCUT2D eigenvalue weighted by Gasteiger charge is 2.11. The number of hydrogen-bond acceptors (Lipinski definition) is 2. The maximum Gasteiger partial charge on any atom is 0.141 e. The standard InChI is InChI=1S/C14H12BrF2NO/c1-8(18)11-6-9(16)2-5-14(11)19-10-3-4-12(15)13(17)7-10/h2-8H,18H2,1H3. The van der Waals surface area contributed by atoms with Gasteiger partial charge in [0.2, 0.25) is 0 Å². The number of rotatable bonds is 3. The van der Waals surface area contributed by atoms with Gasteiger partial charge < -0.3 is 10.5 Å². The van der Waals surface area contributed by atoms with Crippen molar-refractivity contribution in [2.45, 2.75) is 13.0 Å². The van der Waals surface area contributed by atoms with E-state index < -0.39 is 5.82 Å². The molecule has 2 aromatic carbocycles. The van der Waals surface area contributed by atoms with Crippen molar-refractivity contribution < 1.29 is 13.5 Å². The number of ether oxygens (including phenoxy) is 1. The average Bonchev–Trinajstić information content (AvgIpc) is 2.36. The summed E-state index contributed by atoms with van der Waals surface area (Å²) in [6.07, 6.45) is 0. The van der Waals surface area contributed by atoms with Crippen molar-refractivity contribution in [3.8, 4) is 11.5 Å². The normalized spacial score (nSPS) is 12.3. The Labute approximate surface area is 118 Å². The highest BCUT2D eigenvalue weighted by atomic mass is 79.9. The number of benzene rings is 2. The largest absolute Gasteiger partial charge is 0.457 e. The van der Waals surface area contributed by atoms with Crippen molar-refractivity contribution >= 4 is 15.9 Å². The number of halogens is 3. The fourth-order valence-corrected chi connectivity index (χ4v) is 1.88. The molecule has 0 heterocycles. The van der Waals surface area contributed by atoms with E-state index in [-0.39, 0.29) is 11.9 Å². The lowest BCUT2D eigenvalue weighted by atomic mass is 10.1. The van der Waals surface area contributed by atoms with Crippen LogP contribution in [0, 0.1) is 11.6 Å². The zero-order chi connectivity index (χ0) is 14.0. The Morgan fingerprint density at radius 1 is 1.16 bits per heavy atom. The van der Waals surface area contributed by atoms with E-state index in [0.29, 0.717) is 21.5 Å². The van der Waals surface area contributed by atoms with E-state index in [1.807, 2.05) is 0 Å². The summed E-state index contributed by atoms with van der Waals surface area (Å²) in [5.74, 6) is -0.0732. The third-order valence-corrected chi connectivity index (χ3v) is 3.22. The zero-order valence-corrected chi connectivity index (χ0v) is 11.7. The summed E-state index contributed by atoms with van der Waals surface area (Å²) in [7, 11) is 0. The van der Waals surface area contributed by atoms with Gasteiger partial charge in [0.05, 0.1) is 4.47 Å². The molecule has 0 aliphatic carbocycles. The zero-order valence-electron chi connectivity index (χ0n) is 10.2. The van der Waals surface area contributed by atoms with E-state index in [1.165, 1.54) is 24.3 Å². The Morgan fingerprint density at radius 3 is 2.53 bits per heavy atom. The van der Waals surface area contributed by atoms with Crippen LogP contribution in [0.1, 0.15) is 18.5 Å². The predicted octanol–water partition coefficient (Wildman–Crippen LogP) is 4.54. The van der Waals surface area contributed by atoms with Gasteiger partial charge in [0, 0.05) is 17.7 Å². The molecule has 0 amide bonds. The number of nitrogens with two attached hydrogens (primary N) is 1. The van der Waals surface area contributed by atoms with Crippen LogP contribution in [0.15, 0.2) is 40.9 Å². The lowest BCUT2D eigenvalue weighted by molar-refractivity contribution is 0.464. The van der Waals surface area contributed by atoms with E-state index in [4.69, 9.17) is 10.5 Å². The highest BCUT2D eigenvalue weighted by Crippen LogP contribution is 2.31. The van der Waals surface area contributed by atoms with Crippen molar-refractivity contribution in [1.29, 1.82) is 0 Å². The van der Waals surface area contributed by atoms with E-state index >= 15 is 0 Å². The molecule has 5 heteroatoms. The lowest BCUT2D eigenvalue weighted by Gasteiger charge is -2.14. The minimum Gasteiger partial charge on any atom is -0.457 e. The lowest BCUT2D eigenvalue weighted by Crippen LogP contribution is -2.07. The second kappa shape index (κ2) is 5.67. The maximum absolute atomic E-state index is 13.4. The van der Waals surface area contributed by atoms with Gasteiger partial charge in [-0.3, -0.25) is 0 Å². The Hall–Kier alpha value is -1.46. The Bertz CT molecular complexity index is 602. The molecule has 0 aromatic heterocycles. The van der Waals surface area contributed by atoms with Gasteiger partial charge in [0.25, 0.3) is 0 Å². The van der Waals surface area contributed by atoms with Gasteiger partial charge in [0.1, 0.15) is 23.1 Å². The topological polar surface area (TPSA) is 35.2 Å². The molecule has 0 fully saturated rings. The maximum atomic E-state index is 13.4. The molecule has 100 valence electrons. The molecule has 2 N–H and O–H groups in total. The molecule has 2 nitrogen and oxygen atoms in total. The number of hydrogen-bond donors (Lipinski definition) is 1. The van der Waals surface area contributed by atoms with Crippen LogP contribution < -0.4 is 10.5 Å². The SMILES string of the molecule is CC(N)c1cc(F)ccc1Oc1ccc(Br)c(F)c1. The molecule has 0 bridgehead atoms. The molecule has 2 aromatic rings. The van der Waals surface area contributed by atoms with Gasteiger partial charge >= 0.3 is 0 Å². The first-order valence-electron chi connectivity index (χ1n) is 5.65. The van der Waals surface area contributed by atoms with Crippen molar-refractivity contribution in [3.63, 3.8) is 0 Å². The van der Waals surface area contributed by atoms with Crippen molar-refractivity contribution in [3.05, 3.63) is 58.1 Å². The van der Waals surface area contributed by atoms with Crippen LogP contribution in [0.5, 0.6) is 11.5 Å². The van der Waals surface area contributed by atoms with Gasteiger partial charge in [-0.1, -0.05) is 0 Å². The summed E-state index contributed by atoms with van der Waals surface area (Å²) >= 11 is 3.06. The summed E-state index contributed by atoms with van der Waals surface area (Å²) in [6, 6.07) is 8.09. The van der Waals surface area contributed by atoms with E-state index in [1.54, 1.807) is 19.1 Å². The van der Waals surface area contributed by atoms with Gasteiger partial charge in [0.15, 0.2) is 0 Å². The van der Waals surface area contributed by atoms with Crippen molar-refractivity contribution in [1.82, 2.24) is 0 Å². The highest BCUT2D eigenvalue weighted by molar-refractivity contribution is 9.10. The first kappa shape index (κ1) is 14.0. The molecule has 2 rings (SSSR count). The quantitative estimate of drug-likeness (QED) is 0.898. The first-order valence-corrected chi connectivity index (χ1v) is 6.44. The predicted molar refractivity (Wildman–Crippen MR) is 73.2 cm³/mol. The van der Waals surface area contributed by atoms with Crippen LogP contribution in [-0.4, -0.2) is 0 Å². The van der Waals surface area contributed by atoms with Crippen LogP contribution in [-0.2, 0) is 0 Å². The van der Waals surface area contributed by atoms with Crippen LogP contribution >= 0.6 is 15.9 Å². The Balaban J connectivity index is 2.35. The smallest absolute Gasteiger partial charge is 0.141 e. The van der Waals surface area contributed by atoms with Crippen LogP contribution in [0.4, 0.5) is 8.78 Å². The molecular formula is C14H12BrF2NO. The van der Waals surface area contributed by atoms with Crippen molar-refractivity contribution in [2.75, 3.05) is 0 Å². The molecule has 1 atom stereocenters. The van der Waals surface area contributed by atoms with Crippen LogP contribution in [0.2, 0.25) is 0 Å². The fraction of sp³-hybridized carbons (Fsp3) is 0.143. The third kappa shape index (κ3) is 3.30. The average molecular weight is 328 g/mol. The minimum absolute atomic E-state index is 0.328. The second-order valence-corrected chi connectivity index (χ2v) is 5.00. The van der Waals surface area contributed by atoms with Gasteiger partial charge in [-0.2, -0.15) is 0 Å². The summed E-state index contributed by atoms with van der Waals surface area (Å²) in [6.45, 7) is 1.73. The van der Waals surface area contributed by atoms with Gasteiger partial charge in [-0.05, 0) is 53.2 Å². The Kier molecular flexibility index (Phi) is 4.17. The van der Waals surface area contributed by atoms with Crippen molar-refractivity contribution in [2.24, 2.45) is 5.73 Å². The van der Waals surface area contributed by atoms with E-state index in [2.05, 4.69) is 15.9 Å². The van der Waals surface area contributed by atoms with Crippen LogP contribution in [0.25, 0.3) is 0 Å². The van der Waals surface area contributed by atoms with E-state index in [9.17, 15) is 8.78 Å². The molecule has 0 saturated heterocycles. The first-order chi connectivity index (χ1) is 8.97. The van der Waals surface area contributed by atoms with E-state index in [0.717, 1.165) is 0 Å². The molecule has 0 radical (unpaired) electrons. The molecule has 1 unspecified atom stereocenters. The summed E-state index contributed by atoms with van der Waals surface area (Å²) in [5, 5.41) is 0. The fourth-order valence-electron chi connectivity index (χ4n) is 1.64. The summed E-state index contributed by atoms with van der Waals surface area (Å²) < 4.78 is 32.5. The molecule has 0 saturated carbocycles. The summed E-state index contributed by atoms with van der Waals surface area (Å²) in [5.41, 5.74) is 6.29. The summed E-state index contributed by atoms with van der Waals surface area (Å²) in [4.78, 5) is 0. The Morgan fingerprint density at radius 2 is 1.89 bits per heavy atom. The molecule has 0 spiro atoms. The molecule has 19 heavy (non-hydrogen) atoms. The second-order valence-electron chi connectivity index (χ2n) is 4.15. The molecular weight excluding hydrogens is 316 g/mol. The monoisotopic (exact) mass is 327 g/mol. The van der Waals surface area contributed by atoms with Gasteiger partial charge in [-0.15, -0.1) is 0 Å². The van der Waals surface area contributed by atoms with Crippen LogP contribution in [0.3, 0.4) is 0 Å². The minimum atomic E-state index is -0.429. The van der Waals surface area contributed by atoms with Gasteiger partial charge in [-0.25, -0.2) is 8.78 Å². The third-order valence-electron chi connectivity index (χ3n) is 2.58. The molecule has 0 aliphatic heterocycles.